The first-order valence-corrected chi connectivity index (χ1v) is 11.5. The van der Waals surface area contributed by atoms with Crippen LogP contribution in [-0.2, 0) is 25.7 Å². The van der Waals surface area contributed by atoms with Gasteiger partial charge in [-0.25, -0.2) is 18.2 Å². The molecule has 1 fully saturated rings. The third kappa shape index (κ3) is 5.33. The van der Waals surface area contributed by atoms with Crippen LogP contribution in [0.15, 0.2) is 35.4 Å². The summed E-state index contributed by atoms with van der Waals surface area (Å²) in [5.41, 5.74) is -2.10. The highest BCUT2D eigenvalue weighted by Gasteiger charge is 2.38. The van der Waals surface area contributed by atoms with Gasteiger partial charge in [0, 0.05) is 12.7 Å². The minimum Gasteiger partial charge on any atom is -0.467 e. The highest BCUT2D eigenvalue weighted by molar-refractivity contribution is 7.92. The number of aromatic nitrogens is 1. The third-order valence-corrected chi connectivity index (χ3v) is 6.74. The standard InChI is InChI=1S/C19H16Cl2F3N3O5S/c1-32-18(29)15-3-2-6-27(15)17(28)16-14(7-10(20)9-25-16)26-33(30,31)11-4-5-13(21)12(8-11)19(22,23)24/h4-5,7-9,15,26H,2-3,6H2,1H3/t15-/m0/s1. The molecular formula is C19H16Cl2F3N3O5S. The number of alkyl halides is 3. The van der Waals surface area contributed by atoms with Crippen LogP contribution in [0.1, 0.15) is 28.9 Å². The zero-order valence-electron chi connectivity index (χ0n) is 16.8. The molecule has 1 aliphatic heterocycles. The number of rotatable bonds is 5. The lowest BCUT2D eigenvalue weighted by molar-refractivity contribution is -0.145. The van der Waals surface area contributed by atoms with Crippen LogP contribution in [0.2, 0.25) is 10.0 Å². The summed E-state index contributed by atoms with van der Waals surface area (Å²) in [6.07, 6.45) is -2.94. The number of methoxy groups -OCH3 is 1. The van der Waals surface area contributed by atoms with Gasteiger partial charge in [0.15, 0.2) is 5.69 Å². The number of hydrogen-bond acceptors (Lipinski definition) is 6. The highest BCUT2D eigenvalue weighted by atomic mass is 35.5. The summed E-state index contributed by atoms with van der Waals surface area (Å²) in [5.74, 6) is -1.41. The Morgan fingerprint density at radius 3 is 2.58 bits per heavy atom. The van der Waals surface area contributed by atoms with E-state index in [1.165, 1.54) is 12.0 Å². The van der Waals surface area contributed by atoms with Gasteiger partial charge in [0.1, 0.15) is 6.04 Å². The molecule has 0 saturated carbocycles. The molecule has 1 saturated heterocycles. The van der Waals surface area contributed by atoms with Gasteiger partial charge in [-0.2, -0.15) is 13.2 Å². The molecule has 8 nitrogen and oxygen atoms in total. The van der Waals surface area contributed by atoms with Gasteiger partial charge in [-0.1, -0.05) is 23.2 Å². The monoisotopic (exact) mass is 525 g/mol. The fourth-order valence-corrected chi connectivity index (χ4v) is 4.77. The SMILES string of the molecule is COC(=O)[C@@H]1CCCN1C(=O)c1ncc(Cl)cc1NS(=O)(=O)c1ccc(Cl)c(C(F)(F)F)c1. The van der Waals surface area contributed by atoms with Crippen molar-refractivity contribution < 1.29 is 35.9 Å². The fraction of sp³-hybridized carbons (Fsp3) is 0.316. The molecule has 1 aliphatic rings. The Morgan fingerprint density at radius 2 is 1.94 bits per heavy atom. The van der Waals surface area contributed by atoms with E-state index in [9.17, 15) is 31.2 Å². The summed E-state index contributed by atoms with van der Waals surface area (Å²) in [5, 5.41) is -0.716. The number of amides is 1. The first-order valence-electron chi connectivity index (χ1n) is 9.29. The number of ether oxygens (including phenoxy) is 1. The molecule has 1 amide bonds. The van der Waals surface area contributed by atoms with Crippen LogP contribution in [0.4, 0.5) is 18.9 Å². The van der Waals surface area contributed by atoms with Gasteiger partial charge < -0.3 is 9.64 Å². The fourth-order valence-electron chi connectivity index (χ4n) is 3.31. The lowest BCUT2D eigenvalue weighted by Crippen LogP contribution is -2.41. The molecule has 0 radical (unpaired) electrons. The quantitative estimate of drug-likeness (QED) is 0.591. The van der Waals surface area contributed by atoms with E-state index >= 15 is 0 Å². The van der Waals surface area contributed by atoms with Crippen LogP contribution in [0, 0.1) is 0 Å². The predicted octanol–water partition coefficient (Wildman–Crippen LogP) is 3.99. The van der Waals surface area contributed by atoms with E-state index in [4.69, 9.17) is 27.9 Å². The maximum absolute atomic E-state index is 13.2. The molecule has 2 aromatic rings. The molecular weight excluding hydrogens is 510 g/mol. The predicted molar refractivity (Wildman–Crippen MR) is 113 cm³/mol. The van der Waals surface area contributed by atoms with Gasteiger partial charge in [-0.3, -0.25) is 9.52 Å². The molecule has 0 unspecified atom stereocenters. The summed E-state index contributed by atoms with van der Waals surface area (Å²) in [6, 6.07) is 2.26. The van der Waals surface area contributed by atoms with E-state index in [0.717, 1.165) is 24.4 Å². The molecule has 2 heterocycles. The number of benzene rings is 1. The van der Waals surface area contributed by atoms with E-state index in [2.05, 4.69) is 9.71 Å². The zero-order valence-corrected chi connectivity index (χ0v) is 19.1. The minimum atomic E-state index is -4.89. The van der Waals surface area contributed by atoms with E-state index < -0.39 is 49.6 Å². The van der Waals surface area contributed by atoms with E-state index in [1.54, 1.807) is 0 Å². The number of hydrogen-bond donors (Lipinski definition) is 1. The summed E-state index contributed by atoms with van der Waals surface area (Å²) in [4.78, 5) is 29.4. The summed E-state index contributed by atoms with van der Waals surface area (Å²) in [7, 11) is -3.44. The Hall–Kier alpha value is -2.57. The van der Waals surface area contributed by atoms with Gasteiger partial charge in [0.2, 0.25) is 0 Å². The van der Waals surface area contributed by atoms with E-state index in [-0.39, 0.29) is 22.9 Å². The number of nitrogens with one attached hydrogen (secondary N) is 1. The number of carbonyl (C=O) groups is 2. The molecule has 3 rings (SSSR count). The molecule has 33 heavy (non-hydrogen) atoms. The van der Waals surface area contributed by atoms with Crippen molar-refractivity contribution in [2.24, 2.45) is 0 Å². The maximum atomic E-state index is 13.2. The van der Waals surface area contributed by atoms with Crippen molar-refractivity contribution >= 4 is 50.8 Å². The number of sulfonamides is 1. The van der Waals surface area contributed by atoms with E-state index in [0.29, 0.717) is 18.9 Å². The normalized spacial score (nSPS) is 16.5. The van der Waals surface area contributed by atoms with Crippen molar-refractivity contribution in [1.29, 1.82) is 0 Å². The molecule has 1 N–H and O–H groups in total. The van der Waals surface area contributed by atoms with Gasteiger partial charge in [0.25, 0.3) is 15.9 Å². The van der Waals surface area contributed by atoms with Crippen molar-refractivity contribution in [3.05, 3.63) is 51.8 Å². The second-order valence-electron chi connectivity index (χ2n) is 6.97. The second kappa shape index (κ2) is 9.35. The topological polar surface area (TPSA) is 106 Å². The number of anilines is 1. The lowest BCUT2D eigenvalue weighted by atomic mass is 10.2. The molecule has 1 aromatic heterocycles. The van der Waals surface area contributed by atoms with Crippen LogP contribution < -0.4 is 4.72 Å². The summed E-state index contributed by atoms with van der Waals surface area (Å²) in [6.45, 7) is 0.196. The first kappa shape index (κ1) is 25.1. The van der Waals surface area contributed by atoms with E-state index in [1.807, 2.05) is 0 Å². The first-order chi connectivity index (χ1) is 15.3. The van der Waals surface area contributed by atoms with Gasteiger partial charge in [-0.05, 0) is 37.1 Å². The average molecular weight is 526 g/mol. The molecule has 1 atom stereocenters. The number of carbonyl (C=O) groups excluding carboxylic acids is 2. The van der Waals surface area contributed by atoms with Crippen molar-refractivity contribution in [1.82, 2.24) is 9.88 Å². The average Bonchev–Trinajstić information content (AvgIpc) is 3.22. The Morgan fingerprint density at radius 1 is 1.24 bits per heavy atom. The minimum absolute atomic E-state index is 0.0396. The molecule has 178 valence electrons. The Kier molecular flexibility index (Phi) is 7.10. The van der Waals surface area contributed by atoms with Crippen LogP contribution >= 0.6 is 23.2 Å². The zero-order chi connectivity index (χ0) is 24.6. The molecule has 14 heteroatoms. The number of halogens is 5. The van der Waals surface area contributed by atoms with Crippen molar-refractivity contribution in [3.63, 3.8) is 0 Å². The third-order valence-electron chi connectivity index (χ3n) is 4.84. The number of nitrogens with zero attached hydrogens (tertiary/aromatic N) is 2. The second-order valence-corrected chi connectivity index (χ2v) is 9.50. The Labute approximate surface area is 196 Å². The molecule has 1 aromatic carbocycles. The van der Waals surface area contributed by atoms with Crippen LogP contribution in [0.25, 0.3) is 0 Å². The summed E-state index contributed by atoms with van der Waals surface area (Å²) >= 11 is 11.5. The number of pyridine rings is 1. The van der Waals surface area contributed by atoms with Crippen LogP contribution in [0.3, 0.4) is 0 Å². The van der Waals surface area contributed by atoms with Crippen LogP contribution in [-0.4, -0.2) is 49.9 Å². The molecule has 0 aliphatic carbocycles. The van der Waals surface area contributed by atoms with Gasteiger partial charge in [-0.15, -0.1) is 0 Å². The smallest absolute Gasteiger partial charge is 0.417 e. The highest BCUT2D eigenvalue weighted by Crippen LogP contribution is 2.36. The number of esters is 1. The number of likely N-dealkylation sites (tertiary alicyclic amines) is 1. The van der Waals surface area contributed by atoms with Crippen molar-refractivity contribution in [3.8, 4) is 0 Å². The van der Waals surface area contributed by atoms with Gasteiger partial charge in [0.05, 0.1) is 33.3 Å². The van der Waals surface area contributed by atoms with Gasteiger partial charge >= 0.3 is 12.1 Å². The molecule has 0 spiro atoms. The maximum Gasteiger partial charge on any atom is 0.417 e. The Bertz CT molecular complexity index is 1210. The lowest BCUT2D eigenvalue weighted by Gasteiger charge is -2.23. The van der Waals surface area contributed by atoms with Crippen LogP contribution in [0.5, 0.6) is 0 Å². The molecule has 0 bridgehead atoms. The summed E-state index contributed by atoms with van der Waals surface area (Å²) < 4.78 is 71.9. The Balaban J connectivity index is 1.99. The van der Waals surface area contributed by atoms with Crippen molar-refractivity contribution in [2.75, 3.05) is 18.4 Å². The van der Waals surface area contributed by atoms with Crippen molar-refractivity contribution in [2.45, 2.75) is 30.0 Å². The largest absolute Gasteiger partial charge is 0.467 e.